The van der Waals surface area contributed by atoms with E-state index >= 15 is 0 Å². The minimum Gasteiger partial charge on any atom is -0.430 e. The SMILES string of the molecule is CC(=O)O[C@@H]1[C@@H](OC(C)=O)N([N+](=O)[O-])CCN1[N+](=O)[O-]. The van der Waals surface area contributed by atoms with Crippen LogP contribution >= 0.6 is 0 Å². The van der Waals surface area contributed by atoms with Gasteiger partial charge in [-0.05, 0) is 0 Å². The Kier molecular flexibility index (Phi) is 4.61. The van der Waals surface area contributed by atoms with Crippen molar-refractivity contribution in [1.29, 1.82) is 0 Å². The monoisotopic (exact) mass is 292 g/mol. The first kappa shape index (κ1) is 15.4. The minimum absolute atomic E-state index is 0.371. The predicted molar refractivity (Wildman–Crippen MR) is 58.5 cm³/mol. The quantitative estimate of drug-likeness (QED) is 0.350. The van der Waals surface area contributed by atoms with E-state index in [1.807, 2.05) is 0 Å². The molecule has 1 saturated heterocycles. The van der Waals surface area contributed by atoms with Crippen molar-refractivity contribution in [2.24, 2.45) is 0 Å². The molecule has 0 radical (unpaired) electrons. The number of carbonyl (C=O) groups is 2. The lowest BCUT2D eigenvalue weighted by molar-refractivity contribution is -0.725. The van der Waals surface area contributed by atoms with Crippen molar-refractivity contribution in [2.45, 2.75) is 26.3 Å². The summed E-state index contributed by atoms with van der Waals surface area (Å²) < 4.78 is 9.36. The lowest BCUT2D eigenvalue weighted by Crippen LogP contribution is -2.64. The summed E-state index contributed by atoms with van der Waals surface area (Å²) in [7, 11) is 0. The van der Waals surface area contributed by atoms with Gasteiger partial charge < -0.3 is 9.47 Å². The van der Waals surface area contributed by atoms with Gasteiger partial charge in [-0.3, -0.25) is 9.59 Å². The first-order valence-corrected chi connectivity index (χ1v) is 5.40. The molecule has 0 saturated carbocycles. The molecule has 12 heteroatoms. The standard InChI is InChI=1S/C8H12N4O8/c1-5(13)19-7-8(20-6(2)14)10(12(17)18)4-3-9(7)11(15)16/h7-8H,3-4H2,1-2H3/t7-,8-/m1/s1. The Balaban J connectivity index is 3.10. The number of hydrogen-bond donors (Lipinski definition) is 0. The molecule has 0 amide bonds. The van der Waals surface area contributed by atoms with Crippen molar-refractivity contribution < 1.29 is 29.1 Å². The molecular formula is C8H12N4O8. The summed E-state index contributed by atoms with van der Waals surface area (Å²) >= 11 is 0. The Hall–Kier alpha value is -2.66. The Morgan fingerprint density at radius 3 is 1.45 bits per heavy atom. The number of ether oxygens (including phenoxy) is 2. The number of piperazine rings is 1. The molecule has 1 rings (SSSR count). The third-order valence-electron chi connectivity index (χ3n) is 2.38. The zero-order chi connectivity index (χ0) is 15.4. The predicted octanol–water partition coefficient (Wildman–Crippen LogP) is -1.23. The van der Waals surface area contributed by atoms with Gasteiger partial charge in [0, 0.05) is 13.8 Å². The molecule has 0 aromatic rings. The minimum atomic E-state index is -1.70. The van der Waals surface area contributed by atoms with E-state index in [1.54, 1.807) is 0 Å². The maximum atomic E-state index is 11.0. The van der Waals surface area contributed by atoms with Gasteiger partial charge in [0.25, 0.3) is 12.5 Å². The van der Waals surface area contributed by atoms with Gasteiger partial charge >= 0.3 is 11.9 Å². The van der Waals surface area contributed by atoms with Crippen LogP contribution in [0.25, 0.3) is 0 Å². The highest BCUT2D eigenvalue weighted by Crippen LogP contribution is 2.20. The van der Waals surface area contributed by atoms with Crippen LogP contribution in [0.15, 0.2) is 0 Å². The fourth-order valence-corrected chi connectivity index (χ4v) is 1.68. The summed E-state index contributed by atoms with van der Waals surface area (Å²) in [4.78, 5) is 43.7. The van der Waals surface area contributed by atoms with E-state index in [1.165, 1.54) is 0 Å². The third-order valence-corrected chi connectivity index (χ3v) is 2.38. The van der Waals surface area contributed by atoms with Gasteiger partial charge in [0.15, 0.2) is 10.1 Å². The molecule has 1 aliphatic rings. The molecule has 0 unspecified atom stereocenters. The zero-order valence-electron chi connectivity index (χ0n) is 10.6. The second-order valence-corrected chi connectivity index (χ2v) is 3.80. The van der Waals surface area contributed by atoms with Gasteiger partial charge in [0.1, 0.15) is 13.1 Å². The van der Waals surface area contributed by atoms with E-state index in [9.17, 15) is 29.8 Å². The van der Waals surface area contributed by atoms with E-state index in [0.29, 0.717) is 10.0 Å². The molecule has 0 aromatic heterocycles. The molecule has 0 N–H and O–H groups in total. The summed E-state index contributed by atoms with van der Waals surface area (Å²) in [6.45, 7) is 1.22. The highest BCUT2D eigenvalue weighted by atomic mass is 16.7. The summed E-state index contributed by atoms with van der Waals surface area (Å²) in [5.74, 6) is -1.80. The molecule has 12 nitrogen and oxygen atoms in total. The van der Waals surface area contributed by atoms with Gasteiger partial charge in [-0.2, -0.15) is 0 Å². The molecule has 1 fully saturated rings. The Morgan fingerprint density at radius 2 is 1.25 bits per heavy atom. The van der Waals surface area contributed by atoms with Crippen molar-refractivity contribution in [3.63, 3.8) is 0 Å². The van der Waals surface area contributed by atoms with Gasteiger partial charge in [-0.15, -0.1) is 0 Å². The van der Waals surface area contributed by atoms with Crippen LogP contribution in [0.1, 0.15) is 13.8 Å². The van der Waals surface area contributed by atoms with Crippen LogP contribution in [-0.2, 0) is 19.1 Å². The largest absolute Gasteiger partial charge is 0.430 e. The lowest BCUT2D eigenvalue weighted by atomic mass is 10.3. The highest BCUT2D eigenvalue weighted by Gasteiger charge is 2.51. The molecule has 0 bridgehead atoms. The van der Waals surface area contributed by atoms with Crippen molar-refractivity contribution in [2.75, 3.05) is 13.1 Å². The molecule has 20 heavy (non-hydrogen) atoms. The molecule has 112 valence electrons. The van der Waals surface area contributed by atoms with Crippen LogP contribution in [0.2, 0.25) is 0 Å². The normalized spacial score (nSPS) is 22.1. The van der Waals surface area contributed by atoms with Crippen molar-refractivity contribution in [3.8, 4) is 0 Å². The Morgan fingerprint density at radius 1 is 0.950 bits per heavy atom. The fourth-order valence-electron chi connectivity index (χ4n) is 1.68. The second kappa shape index (κ2) is 5.99. The van der Waals surface area contributed by atoms with Gasteiger partial charge in [-0.1, -0.05) is 10.0 Å². The lowest BCUT2D eigenvalue weighted by Gasteiger charge is -2.36. The summed E-state index contributed by atoms with van der Waals surface area (Å²) in [6.07, 6.45) is -3.41. The first-order chi connectivity index (χ1) is 9.23. The molecule has 1 heterocycles. The van der Waals surface area contributed by atoms with E-state index in [4.69, 9.17) is 0 Å². The number of hydrogen-bond acceptors (Lipinski definition) is 8. The van der Waals surface area contributed by atoms with Gasteiger partial charge in [-0.25, -0.2) is 20.2 Å². The summed E-state index contributed by atoms with van der Waals surface area (Å²) in [6, 6.07) is 0. The van der Waals surface area contributed by atoms with E-state index in [2.05, 4.69) is 9.47 Å². The molecular weight excluding hydrogens is 280 g/mol. The van der Waals surface area contributed by atoms with Crippen LogP contribution in [0, 0.1) is 20.2 Å². The van der Waals surface area contributed by atoms with Crippen LogP contribution < -0.4 is 0 Å². The Labute approximate surface area is 112 Å². The van der Waals surface area contributed by atoms with Crippen LogP contribution in [0.5, 0.6) is 0 Å². The smallest absolute Gasteiger partial charge is 0.304 e. The topological polar surface area (TPSA) is 145 Å². The van der Waals surface area contributed by atoms with Crippen LogP contribution in [0.4, 0.5) is 0 Å². The highest BCUT2D eigenvalue weighted by molar-refractivity contribution is 5.67. The van der Waals surface area contributed by atoms with Crippen molar-refractivity contribution >= 4 is 11.9 Å². The molecule has 0 spiro atoms. The maximum absolute atomic E-state index is 11.0. The maximum Gasteiger partial charge on any atom is 0.304 e. The van der Waals surface area contributed by atoms with E-state index in [-0.39, 0.29) is 13.1 Å². The summed E-state index contributed by atoms with van der Waals surface area (Å²) in [5.41, 5.74) is 0. The number of rotatable bonds is 4. The van der Waals surface area contributed by atoms with Crippen molar-refractivity contribution in [1.82, 2.24) is 10.0 Å². The average molecular weight is 292 g/mol. The zero-order valence-corrected chi connectivity index (χ0v) is 10.6. The number of hydrazine groups is 2. The summed E-state index contributed by atoms with van der Waals surface area (Å²) in [5, 5.41) is 20.9. The van der Waals surface area contributed by atoms with E-state index < -0.39 is 34.5 Å². The van der Waals surface area contributed by atoms with Crippen LogP contribution in [-0.4, -0.2) is 57.6 Å². The van der Waals surface area contributed by atoms with Crippen molar-refractivity contribution in [3.05, 3.63) is 20.2 Å². The molecule has 0 aromatic carbocycles. The van der Waals surface area contributed by atoms with Gasteiger partial charge in [0.2, 0.25) is 0 Å². The van der Waals surface area contributed by atoms with E-state index in [0.717, 1.165) is 13.8 Å². The molecule has 0 aliphatic carbocycles. The Bertz CT molecular complexity index is 400. The number of nitro groups is 2. The van der Waals surface area contributed by atoms with Crippen LogP contribution in [0.3, 0.4) is 0 Å². The first-order valence-electron chi connectivity index (χ1n) is 5.40. The third kappa shape index (κ3) is 3.43. The van der Waals surface area contributed by atoms with Gasteiger partial charge in [0.05, 0.1) is 0 Å². The number of nitrogens with zero attached hydrogens (tertiary/aromatic N) is 4. The number of esters is 2. The molecule has 1 aliphatic heterocycles. The fraction of sp³-hybridized carbons (Fsp3) is 0.750. The second-order valence-electron chi connectivity index (χ2n) is 3.80. The molecule has 2 atom stereocenters. The average Bonchev–Trinajstić information content (AvgIpc) is 2.28. The number of carbonyl (C=O) groups excluding carboxylic acids is 2.